The van der Waals surface area contributed by atoms with Crippen molar-refractivity contribution in [3.63, 3.8) is 0 Å². The Morgan fingerprint density at radius 2 is 1.88 bits per heavy atom. The summed E-state index contributed by atoms with van der Waals surface area (Å²) in [6.07, 6.45) is 5.17. The van der Waals surface area contributed by atoms with E-state index in [-0.39, 0.29) is 11.3 Å². The van der Waals surface area contributed by atoms with Gasteiger partial charge in [-0.25, -0.2) is 4.79 Å². The van der Waals surface area contributed by atoms with Crippen LogP contribution in [0.2, 0.25) is 0 Å². The lowest BCUT2D eigenvalue weighted by atomic mass is 9.82. The Bertz CT molecular complexity index is 269. The smallest absolute Gasteiger partial charge is 0.326 e. The molecule has 0 aromatic rings. The zero-order valence-corrected chi connectivity index (χ0v) is 10.1. The second-order valence-corrected chi connectivity index (χ2v) is 4.61. The molecule has 4 nitrogen and oxygen atoms in total. The van der Waals surface area contributed by atoms with Crippen LogP contribution < -0.4 is 5.32 Å². The van der Waals surface area contributed by atoms with Crippen molar-refractivity contribution in [1.82, 2.24) is 5.32 Å². The molecule has 0 unspecified atom stereocenters. The van der Waals surface area contributed by atoms with Crippen LogP contribution >= 0.6 is 0 Å². The molecule has 4 heteroatoms. The van der Waals surface area contributed by atoms with Crippen molar-refractivity contribution in [3.05, 3.63) is 0 Å². The summed E-state index contributed by atoms with van der Waals surface area (Å²) < 4.78 is 0. The molecule has 0 aliphatic heterocycles. The predicted octanol–water partition coefficient (Wildman–Crippen LogP) is 1.94. The molecule has 0 radical (unpaired) electrons. The largest absolute Gasteiger partial charge is 0.480 e. The monoisotopic (exact) mass is 227 g/mol. The van der Waals surface area contributed by atoms with Gasteiger partial charge in [0.1, 0.15) is 6.04 Å². The lowest BCUT2D eigenvalue weighted by Crippen LogP contribution is -2.47. The van der Waals surface area contributed by atoms with Crippen molar-refractivity contribution < 1.29 is 14.7 Å². The fourth-order valence-electron chi connectivity index (χ4n) is 2.44. The number of aliphatic carboxylic acids is 1. The van der Waals surface area contributed by atoms with E-state index in [2.05, 4.69) is 5.32 Å². The summed E-state index contributed by atoms with van der Waals surface area (Å²) in [7, 11) is 0. The summed E-state index contributed by atoms with van der Waals surface area (Å²) >= 11 is 0. The van der Waals surface area contributed by atoms with E-state index in [1.54, 1.807) is 6.92 Å². The fraction of sp³-hybridized carbons (Fsp3) is 0.833. The van der Waals surface area contributed by atoms with Crippen LogP contribution in [0.5, 0.6) is 0 Å². The first-order valence-corrected chi connectivity index (χ1v) is 6.09. The average Bonchev–Trinajstić information content (AvgIpc) is 2.74. The highest BCUT2D eigenvalue weighted by molar-refractivity contribution is 5.87. The van der Waals surface area contributed by atoms with Crippen LogP contribution in [0.25, 0.3) is 0 Å². The van der Waals surface area contributed by atoms with Gasteiger partial charge in [-0.2, -0.15) is 0 Å². The molecule has 1 saturated carbocycles. The van der Waals surface area contributed by atoms with Crippen molar-refractivity contribution in [2.75, 3.05) is 0 Å². The van der Waals surface area contributed by atoms with E-state index in [4.69, 9.17) is 5.11 Å². The number of carboxylic acids is 1. The van der Waals surface area contributed by atoms with Crippen molar-refractivity contribution in [3.8, 4) is 0 Å². The minimum absolute atomic E-state index is 0.0678. The number of rotatable bonds is 5. The topological polar surface area (TPSA) is 66.4 Å². The Kier molecular flexibility index (Phi) is 4.33. The highest BCUT2D eigenvalue weighted by Crippen LogP contribution is 2.41. The molecule has 1 rings (SSSR count). The Labute approximate surface area is 96.4 Å². The van der Waals surface area contributed by atoms with Gasteiger partial charge in [0.2, 0.25) is 5.91 Å². The van der Waals surface area contributed by atoms with Crippen LogP contribution in [0.15, 0.2) is 0 Å². The van der Waals surface area contributed by atoms with Gasteiger partial charge in [0.25, 0.3) is 0 Å². The molecule has 92 valence electrons. The zero-order valence-electron chi connectivity index (χ0n) is 10.1. The third-order valence-corrected chi connectivity index (χ3v) is 3.73. The number of amides is 1. The summed E-state index contributed by atoms with van der Waals surface area (Å²) in [5, 5.41) is 11.6. The Morgan fingerprint density at radius 3 is 2.25 bits per heavy atom. The summed E-state index contributed by atoms with van der Waals surface area (Å²) in [5.74, 6) is -1.01. The standard InChI is InChI=1S/C12H21NO3/c1-3-9(10(14)15)13-11(16)12(4-2)7-5-6-8-12/h9H,3-8H2,1-2H3,(H,13,16)(H,14,15)/t9-/m1/s1. The minimum Gasteiger partial charge on any atom is -0.480 e. The quantitative estimate of drug-likeness (QED) is 0.754. The molecule has 0 bridgehead atoms. The van der Waals surface area contributed by atoms with Gasteiger partial charge in [-0.15, -0.1) is 0 Å². The molecule has 16 heavy (non-hydrogen) atoms. The average molecular weight is 227 g/mol. The van der Waals surface area contributed by atoms with Crippen molar-refractivity contribution >= 4 is 11.9 Å². The molecule has 0 aromatic carbocycles. The van der Waals surface area contributed by atoms with Crippen LogP contribution in [-0.2, 0) is 9.59 Å². The number of carbonyl (C=O) groups excluding carboxylic acids is 1. The first kappa shape index (κ1) is 13.0. The maximum atomic E-state index is 12.1. The van der Waals surface area contributed by atoms with Gasteiger partial charge in [-0.05, 0) is 25.7 Å². The van der Waals surface area contributed by atoms with Gasteiger partial charge in [0.15, 0.2) is 0 Å². The summed E-state index contributed by atoms with van der Waals surface area (Å²) in [6.45, 7) is 3.78. The van der Waals surface area contributed by atoms with E-state index in [0.29, 0.717) is 6.42 Å². The number of carbonyl (C=O) groups is 2. The van der Waals surface area contributed by atoms with Gasteiger partial charge in [0.05, 0.1) is 0 Å². The fourth-order valence-corrected chi connectivity index (χ4v) is 2.44. The van der Waals surface area contributed by atoms with E-state index in [9.17, 15) is 9.59 Å². The first-order chi connectivity index (χ1) is 7.55. The highest BCUT2D eigenvalue weighted by atomic mass is 16.4. The van der Waals surface area contributed by atoms with E-state index in [1.807, 2.05) is 6.92 Å². The van der Waals surface area contributed by atoms with Crippen LogP contribution in [-0.4, -0.2) is 23.0 Å². The van der Waals surface area contributed by atoms with Gasteiger partial charge >= 0.3 is 5.97 Å². The van der Waals surface area contributed by atoms with E-state index >= 15 is 0 Å². The van der Waals surface area contributed by atoms with Crippen LogP contribution in [0.4, 0.5) is 0 Å². The van der Waals surface area contributed by atoms with Gasteiger partial charge < -0.3 is 10.4 Å². The zero-order chi connectivity index (χ0) is 12.2. The normalized spacial score (nSPS) is 20.4. The van der Waals surface area contributed by atoms with Crippen LogP contribution in [0.1, 0.15) is 52.4 Å². The summed E-state index contributed by atoms with van der Waals surface area (Å²) in [6, 6.07) is -0.739. The number of carboxylic acid groups (broad SMARTS) is 1. The number of hydrogen-bond acceptors (Lipinski definition) is 2. The molecule has 1 atom stereocenters. The maximum Gasteiger partial charge on any atom is 0.326 e. The Balaban J connectivity index is 2.65. The molecule has 1 aliphatic carbocycles. The van der Waals surface area contributed by atoms with E-state index in [0.717, 1.165) is 32.1 Å². The van der Waals surface area contributed by atoms with Gasteiger partial charge in [0, 0.05) is 5.41 Å². The third-order valence-electron chi connectivity index (χ3n) is 3.73. The molecule has 0 heterocycles. The third kappa shape index (κ3) is 2.54. The lowest BCUT2D eigenvalue weighted by Gasteiger charge is -2.27. The highest BCUT2D eigenvalue weighted by Gasteiger charge is 2.40. The van der Waals surface area contributed by atoms with Crippen molar-refractivity contribution in [1.29, 1.82) is 0 Å². The van der Waals surface area contributed by atoms with Crippen molar-refractivity contribution in [2.24, 2.45) is 5.41 Å². The SMILES string of the molecule is CC[C@@H](NC(=O)C1(CC)CCCC1)C(=O)O. The molecule has 1 amide bonds. The molecule has 2 N–H and O–H groups in total. The Hall–Kier alpha value is -1.06. The van der Waals surface area contributed by atoms with E-state index in [1.165, 1.54) is 0 Å². The summed E-state index contributed by atoms with van der Waals surface area (Å²) in [5.41, 5.74) is -0.303. The molecule has 0 saturated heterocycles. The maximum absolute atomic E-state index is 12.1. The van der Waals surface area contributed by atoms with Crippen molar-refractivity contribution in [2.45, 2.75) is 58.4 Å². The molecular weight excluding hydrogens is 206 g/mol. The van der Waals surface area contributed by atoms with Gasteiger partial charge in [-0.1, -0.05) is 26.7 Å². The second kappa shape index (κ2) is 5.32. The Morgan fingerprint density at radius 1 is 1.31 bits per heavy atom. The predicted molar refractivity (Wildman–Crippen MR) is 61.0 cm³/mol. The molecular formula is C12H21NO3. The van der Waals surface area contributed by atoms with E-state index < -0.39 is 12.0 Å². The van der Waals surface area contributed by atoms with Crippen LogP contribution in [0, 0.1) is 5.41 Å². The van der Waals surface area contributed by atoms with Crippen LogP contribution in [0.3, 0.4) is 0 Å². The molecule has 0 spiro atoms. The number of hydrogen-bond donors (Lipinski definition) is 2. The van der Waals surface area contributed by atoms with Gasteiger partial charge in [-0.3, -0.25) is 4.79 Å². The summed E-state index contributed by atoms with van der Waals surface area (Å²) in [4.78, 5) is 23.0. The molecule has 1 fully saturated rings. The lowest BCUT2D eigenvalue weighted by molar-refractivity contribution is -0.144. The minimum atomic E-state index is -0.944. The second-order valence-electron chi connectivity index (χ2n) is 4.61. The molecule has 1 aliphatic rings. The first-order valence-electron chi connectivity index (χ1n) is 6.09. The number of nitrogens with one attached hydrogen (secondary N) is 1. The molecule has 0 aromatic heterocycles.